The third-order valence-corrected chi connectivity index (χ3v) is 7.57. The molecule has 8 nitrogen and oxygen atoms in total. The lowest BCUT2D eigenvalue weighted by Gasteiger charge is -2.18. The van der Waals surface area contributed by atoms with Gasteiger partial charge >= 0.3 is 0 Å². The first-order valence-corrected chi connectivity index (χ1v) is 14.4. The smallest absolute Gasteiger partial charge is 0.275 e. The van der Waals surface area contributed by atoms with Crippen molar-refractivity contribution in [3.8, 4) is 34.5 Å². The average Bonchev–Trinajstić information content (AvgIpc) is 3.09. The highest BCUT2D eigenvalue weighted by atomic mass is 19.1. The van der Waals surface area contributed by atoms with Crippen LogP contribution in [0.25, 0.3) is 22.4 Å². The van der Waals surface area contributed by atoms with Crippen LogP contribution in [0.2, 0.25) is 0 Å². The maximum Gasteiger partial charge on any atom is 0.275 e. The number of nitriles is 2. The molecule has 0 saturated heterocycles. The number of nitrogens with one attached hydrogen (secondary N) is 2. The van der Waals surface area contributed by atoms with Gasteiger partial charge in [-0.2, -0.15) is 10.5 Å². The topological polar surface area (TPSA) is 128 Å². The molecule has 5 rings (SSSR count). The van der Waals surface area contributed by atoms with E-state index in [1.165, 1.54) is 34.9 Å². The molecule has 46 heavy (non-hydrogen) atoms. The van der Waals surface area contributed by atoms with Gasteiger partial charge in [-0.1, -0.05) is 24.3 Å². The predicted molar refractivity (Wildman–Crippen MR) is 174 cm³/mol. The molecular formula is C37H28FN5O3. The van der Waals surface area contributed by atoms with E-state index < -0.39 is 23.3 Å². The highest BCUT2D eigenvalue weighted by Crippen LogP contribution is 2.27. The van der Waals surface area contributed by atoms with Crippen LogP contribution in [-0.4, -0.2) is 29.3 Å². The number of likely N-dealkylation sites (N-methyl/N-ethyl adjacent to an activating group) is 1. The maximum absolute atomic E-state index is 14.0. The van der Waals surface area contributed by atoms with Gasteiger partial charge in [0.2, 0.25) is 5.91 Å². The van der Waals surface area contributed by atoms with E-state index in [0.29, 0.717) is 44.6 Å². The summed E-state index contributed by atoms with van der Waals surface area (Å²) in [6.45, 7) is 1.66. The Kier molecular flexibility index (Phi) is 9.28. The number of amides is 1. The molecule has 1 heterocycles. The Balaban J connectivity index is 1.69. The number of pyridine rings is 1. The standard InChI is InChI=1S/C37H28FN5O3/c1-23(41-2)36(45)42-33-13-14-34(29-8-4-6-25(16-29)21-40)43(37(33)46)22-26-17-30(28-7-3-5-24(15-28)20-39)19-31(18-26)35(44)27-9-11-32(38)12-10-27/h3-19,23,41H,22H2,1-2H3,(H,42,45). The number of aromatic nitrogens is 1. The van der Waals surface area contributed by atoms with E-state index in [0.717, 1.165) is 0 Å². The fourth-order valence-corrected chi connectivity index (χ4v) is 5.00. The number of benzene rings is 4. The van der Waals surface area contributed by atoms with Crippen molar-refractivity contribution in [3.63, 3.8) is 0 Å². The molecule has 1 aromatic heterocycles. The summed E-state index contributed by atoms with van der Waals surface area (Å²) in [5.41, 5.74) is 4.00. The summed E-state index contributed by atoms with van der Waals surface area (Å²) in [4.78, 5) is 40.3. The van der Waals surface area contributed by atoms with Crippen LogP contribution in [0.4, 0.5) is 10.1 Å². The number of hydrogen-bond donors (Lipinski definition) is 2. The molecule has 0 spiro atoms. The minimum Gasteiger partial charge on any atom is -0.320 e. The van der Waals surface area contributed by atoms with E-state index in [9.17, 15) is 29.3 Å². The summed E-state index contributed by atoms with van der Waals surface area (Å²) < 4.78 is 15.1. The second kappa shape index (κ2) is 13.6. The van der Waals surface area contributed by atoms with Crippen molar-refractivity contribution >= 4 is 17.4 Å². The summed E-state index contributed by atoms with van der Waals surface area (Å²) >= 11 is 0. The van der Waals surface area contributed by atoms with Crippen molar-refractivity contribution in [3.05, 3.63) is 147 Å². The van der Waals surface area contributed by atoms with E-state index in [2.05, 4.69) is 22.8 Å². The van der Waals surface area contributed by atoms with Crippen molar-refractivity contribution in [2.45, 2.75) is 19.5 Å². The van der Waals surface area contributed by atoms with Gasteiger partial charge in [-0.05, 0) is 115 Å². The van der Waals surface area contributed by atoms with Gasteiger partial charge in [0.05, 0.1) is 41.5 Å². The lowest BCUT2D eigenvalue weighted by atomic mass is 9.94. The van der Waals surface area contributed by atoms with Crippen LogP contribution < -0.4 is 16.2 Å². The van der Waals surface area contributed by atoms with Crippen LogP contribution in [0.5, 0.6) is 0 Å². The van der Waals surface area contributed by atoms with Crippen LogP contribution in [-0.2, 0) is 11.3 Å². The fraction of sp³-hybridized carbons (Fsp3) is 0.108. The van der Waals surface area contributed by atoms with Gasteiger partial charge in [0, 0.05) is 11.1 Å². The van der Waals surface area contributed by atoms with Gasteiger partial charge in [-0.15, -0.1) is 0 Å². The van der Waals surface area contributed by atoms with Gasteiger partial charge in [-0.3, -0.25) is 14.4 Å². The molecule has 0 aliphatic rings. The highest BCUT2D eigenvalue weighted by Gasteiger charge is 2.18. The lowest BCUT2D eigenvalue weighted by Crippen LogP contribution is -2.37. The first-order chi connectivity index (χ1) is 22.2. The number of hydrogen-bond acceptors (Lipinski definition) is 6. The average molecular weight is 610 g/mol. The van der Waals surface area contributed by atoms with Crippen LogP contribution in [0, 0.1) is 28.5 Å². The van der Waals surface area contributed by atoms with Gasteiger partial charge in [0.25, 0.3) is 5.56 Å². The minimum atomic E-state index is -0.555. The molecule has 5 aromatic rings. The van der Waals surface area contributed by atoms with Gasteiger partial charge in [0.1, 0.15) is 11.5 Å². The number of nitrogens with zero attached hydrogens (tertiary/aromatic N) is 3. The van der Waals surface area contributed by atoms with Crippen molar-refractivity contribution in [2.24, 2.45) is 0 Å². The van der Waals surface area contributed by atoms with Crippen LogP contribution in [0.1, 0.15) is 39.5 Å². The zero-order valence-electron chi connectivity index (χ0n) is 25.0. The van der Waals surface area contributed by atoms with Crippen LogP contribution in [0.15, 0.2) is 108 Å². The van der Waals surface area contributed by atoms with E-state index in [4.69, 9.17) is 0 Å². The number of carbonyl (C=O) groups is 2. The Bertz CT molecular complexity index is 2110. The zero-order valence-corrected chi connectivity index (χ0v) is 25.0. The quantitative estimate of drug-likeness (QED) is 0.201. The van der Waals surface area contributed by atoms with Gasteiger partial charge in [0.15, 0.2) is 5.78 Å². The number of ketones is 1. The van der Waals surface area contributed by atoms with Crippen molar-refractivity contribution in [2.75, 3.05) is 12.4 Å². The molecule has 4 aromatic carbocycles. The lowest BCUT2D eigenvalue weighted by molar-refractivity contribution is -0.117. The summed E-state index contributed by atoms with van der Waals surface area (Å²) in [7, 11) is 1.64. The van der Waals surface area contributed by atoms with E-state index in [1.807, 2.05) is 12.1 Å². The Morgan fingerprint density at radius 3 is 2.11 bits per heavy atom. The van der Waals surface area contributed by atoms with Gasteiger partial charge < -0.3 is 15.2 Å². The number of carbonyl (C=O) groups excluding carboxylic acids is 2. The molecule has 1 amide bonds. The second-order valence-corrected chi connectivity index (χ2v) is 10.7. The molecule has 0 saturated carbocycles. The predicted octanol–water partition coefficient (Wildman–Crippen LogP) is 5.89. The Labute approximate surface area is 265 Å². The van der Waals surface area contributed by atoms with E-state index >= 15 is 0 Å². The second-order valence-electron chi connectivity index (χ2n) is 10.7. The van der Waals surface area contributed by atoms with Crippen molar-refractivity contribution in [1.29, 1.82) is 10.5 Å². The summed E-state index contributed by atoms with van der Waals surface area (Å²) in [6.07, 6.45) is 0. The normalized spacial score (nSPS) is 11.2. The summed E-state index contributed by atoms with van der Waals surface area (Å²) in [5, 5.41) is 24.5. The molecule has 0 bridgehead atoms. The van der Waals surface area contributed by atoms with Gasteiger partial charge in [-0.25, -0.2) is 4.39 Å². The SMILES string of the molecule is CNC(C)C(=O)Nc1ccc(-c2cccc(C#N)c2)n(Cc2cc(C(=O)c3ccc(F)cc3)cc(-c3cccc(C#N)c3)c2)c1=O. The highest BCUT2D eigenvalue weighted by molar-refractivity contribution is 6.09. The van der Waals surface area contributed by atoms with E-state index in [1.54, 1.807) is 74.6 Å². The molecule has 0 aliphatic carbocycles. The van der Waals surface area contributed by atoms with Crippen LogP contribution >= 0.6 is 0 Å². The first-order valence-electron chi connectivity index (χ1n) is 14.4. The molecule has 9 heteroatoms. The molecule has 1 unspecified atom stereocenters. The zero-order chi connectivity index (χ0) is 32.8. The van der Waals surface area contributed by atoms with Crippen molar-refractivity contribution < 1.29 is 14.0 Å². The maximum atomic E-state index is 14.0. The molecule has 1 atom stereocenters. The minimum absolute atomic E-state index is 0.00822. The Hall–Kier alpha value is -6.16. The Morgan fingerprint density at radius 2 is 1.46 bits per heavy atom. The fourth-order valence-electron chi connectivity index (χ4n) is 5.00. The molecular weight excluding hydrogens is 581 g/mol. The third-order valence-electron chi connectivity index (χ3n) is 7.57. The molecule has 226 valence electrons. The molecule has 2 N–H and O–H groups in total. The molecule has 0 radical (unpaired) electrons. The summed E-state index contributed by atoms with van der Waals surface area (Å²) in [6, 6.07) is 31.1. The summed E-state index contributed by atoms with van der Waals surface area (Å²) in [5.74, 6) is -1.21. The first kappa shape index (κ1) is 31.3. The largest absolute Gasteiger partial charge is 0.320 e. The van der Waals surface area contributed by atoms with Crippen LogP contribution in [0.3, 0.4) is 0 Å². The monoisotopic (exact) mass is 609 g/mol. The number of rotatable bonds is 9. The number of anilines is 1. The molecule has 0 aliphatic heterocycles. The van der Waals surface area contributed by atoms with Crippen molar-refractivity contribution in [1.82, 2.24) is 9.88 Å². The molecule has 0 fully saturated rings. The Morgan fingerprint density at radius 1 is 0.804 bits per heavy atom. The number of halogens is 1. The third kappa shape index (κ3) is 6.81. The van der Waals surface area contributed by atoms with E-state index in [-0.39, 0.29) is 23.6 Å².